The third-order valence-corrected chi connectivity index (χ3v) is 4.84. The molecule has 0 aliphatic carbocycles. The van der Waals surface area contributed by atoms with Crippen molar-refractivity contribution in [1.29, 1.82) is 5.41 Å². The van der Waals surface area contributed by atoms with Gasteiger partial charge in [0.25, 0.3) is 17.7 Å². The molecule has 1 heterocycles. The number of allylic oxidation sites excluding steroid dienone is 1. The topological polar surface area (TPSA) is 126 Å². The van der Waals surface area contributed by atoms with Crippen molar-refractivity contribution in [2.75, 3.05) is 14.2 Å². The minimum Gasteiger partial charge on any atom is -0.497 e. The van der Waals surface area contributed by atoms with Crippen LogP contribution in [0.3, 0.4) is 0 Å². The number of aliphatic imine (C=N–C) groups is 1. The number of nitrogens with zero attached hydrogens (tertiary/aromatic N) is 2. The molecule has 3 N–H and O–H groups in total. The number of amidine groups is 1. The maximum absolute atomic E-state index is 12.4. The molecule has 2 aromatic carbocycles. The van der Waals surface area contributed by atoms with Crippen LogP contribution in [-0.2, 0) is 11.2 Å². The summed E-state index contributed by atoms with van der Waals surface area (Å²) in [6.45, 7) is 1.79. The first-order valence-electron chi connectivity index (χ1n) is 9.45. The van der Waals surface area contributed by atoms with Gasteiger partial charge in [0.15, 0.2) is 0 Å². The molecule has 0 radical (unpaired) electrons. The summed E-state index contributed by atoms with van der Waals surface area (Å²) in [4.78, 5) is 41.9. The van der Waals surface area contributed by atoms with Gasteiger partial charge in [0.2, 0.25) is 0 Å². The Labute approximate surface area is 179 Å². The number of imide groups is 1. The lowest BCUT2D eigenvalue weighted by molar-refractivity contribution is -0.117. The first-order chi connectivity index (χ1) is 14.7. The van der Waals surface area contributed by atoms with Crippen molar-refractivity contribution in [2.45, 2.75) is 13.3 Å². The number of hydrogen-bond acceptors (Lipinski definition) is 5. The van der Waals surface area contributed by atoms with Gasteiger partial charge in [0.05, 0.1) is 30.4 Å². The summed E-state index contributed by atoms with van der Waals surface area (Å²) in [5, 5.41) is 8.08. The average Bonchev–Trinajstić information content (AvgIpc) is 2.96. The molecule has 0 fully saturated rings. The Balaban J connectivity index is 1.74. The van der Waals surface area contributed by atoms with Crippen LogP contribution in [0.5, 0.6) is 5.75 Å². The fraction of sp³-hybridized carbons (Fsp3) is 0.174. The standard InChI is InChI=1S/C23H22N4O4/c1-13-10-15(21-17(11-13)22(29)27(2)23(21)30)12-20(28)26-19(25)9-8-18(24)14-4-6-16(31-3)7-5-14/h4-11,24H,12H2,1-3H3,(H2,25,26,28)/b9-8-,24-18?. The van der Waals surface area contributed by atoms with Crippen molar-refractivity contribution in [2.24, 2.45) is 10.7 Å². The highest BCUT2D eigenvalue weighted by Crippen LogP contribution is 2.27. The van der Waals surface area contributed by atoms with Crippen LogP contribution in [-0.4, -0.2) is 48.3 Å². The van der Waals surface area contributed by atoms with Crippen molar-refractivity contribution in [3.8, 4) is 5.75 Å². The summed E-state index contributed by atoms with van der Waals surface area (Å²) in [5.41, 5.74) is 8.38. The summed E-state index contributed by atoms with van der Waals surface area (Å²) in [6, 6.07) is 10.3. The summed E-state index contributed by atoms with van der Waals surface area (Å²) in [7, 11) is 2.97. The van der Waals surface area contributed by atoms with Crippen LogP contribution < -0.4 is 10.5 Å². The Morgan fingerprint density at radius 2 is 1.84 bits per heavy atom. The monoisotopic (exact) mass is 418 g/mol. The lowest BCUT2D eigenvalue weighted by atomic mass is 9.97. The number of amides is 3. The molecule has 0 spiro atoms. The Morgan fingerprint density at radius 1 is 1.16 bits per heavy atom. The van der Waals surface area contributed by atoms with Gasteiger partial charge in [-0.1, -0.05) is 6.07 Å². The molecule has 0 aromatic heterocycles. The highest BCUT2D eigenvalue weighted by atomic mass is 16.5. The average molecular weight is 418 g/mol. The molecule has 0 bridgehead atoms. The SMILES string of the molecule is COc1ccc(C(=N)/C=C\C(N)=NC(=O)Cc2cc(C)cc3c2C(=O)N(C)C3=O)cc1. The predicted octanol–water partition coefficient (Wildman–Crippen LogP) is 2.28. The number of ether oxygens (including phenoxy) is 1. The third kappa shape index (κ3) is 4.58. The van der Waals surface area contributed by atoms with E-state index in [9.17, 15) is 14.4 Å². The molecule has 8 heteroatoms. The summed E-state index contributed by atoms with van der Waals surface area (Å²) in [5.74, 6) is -0.762. The Bertz CT molecular complexity index is 1150. The van der Waals surface area contributed by atoms with E-state index in [1.54, 1.807) is 50.4 Å². The van der Waals surface area contributed by atoms with Crippen molar-refractivity contribution >= 4 is 29.3 Å². The normalized spacial score (nSPS) is 13.6. The van der Waals surface area contributed by atoms with E-state index in [2.05, 4.69) is 4.99 Å². The first-order valence-corrected chi connectivity index (χ1v) is 9.45. The maximum Gasteiger partial charge on any atom is 0.261 e. The van der Waals surface area contributed by atoms with Crippen molar-refractivity contribution in [3.05, 3.63) is 76.4 Å². The minimum absolute atomic E-state index is 0.0629. The van der Waals surface area contributed by atoms with E-state index in [0.717, 1.165) is 10.5 Å². The van der Waals surface area contributed by atoms with Crippen molar-refractivity contribution in [3.63, 3.8) is 0 Å². The molecule has 3 amide bonds. The number of aryl methyl sites for hydroxylation is 1. The van der Waals surface area contributed by atoms with Crippen molar-refractivity contribution < 1.29 is 19.1 Å². The number of benzene rings is 2. The van der Waals surface area contributed by atoms with Gasteiger partial charge in [-0.15, -0.1) is 0 Å². The number of nitrogens with one attached hydrogen (secondary N) is 1. The molecule has 8 nitrogen and oxygen atoms in total. The maximum atomic E-state index is 12.4. The number of hydrogen-bond donors (Lipinski definition) is 2. The van der Waals surface area contributed by atoms with Gasteiger partial charge in [-0.05, 0) is 66.1 Å². The molecule has 2 aromatic rings. The lowest BCUT2D eigenvalue weighted by Crippen LogP contribution is -2.24. The zero-order valence-corrected chi connectivity index (χ0v) is 17.4. The number of fused-ring (bicyclic) bond motifs is 1. The third-order valence-electron chi connectivity index (χ3n) is 4.84. The van der Waals surface area contributed by atoms with Gasteiger partial charge in [-0.25, -0.2) is 0 Å². The van der Waals surface area contributed by atoms with E-state index in [0.29, 0.717) is 22.4 Å². The number of rotatable bonds is 6. The highest BCUT2D eigenvalue weighted by Gasteiger charge is 2.35. The van der Waals surface area contributed by atoms with Gasteiger partial charge in [0, 0.05) is 7.05 Å². The number of nitrogens with two attached hydrogens (primary N) is 1. The summed E-state index contributed by atoms with van der Waals surface area (Å²) >= 11 is 0. The smallest absolute Gasteiger partial charge is 0.261 e. The summed E-state index contributed by atoms with van der Waals surface area (Å²) < 4.78 is 5.09. The first kappa shape index (κ1) is 21.6. The fourth-order valence-corrected chi connectivity index (χ4v) is 3.28. The van der Waals surface area contributed by atoms with Crippen LogP contribution in [0.1, 0.15) is 37.4 Å². The van der Waals surface area contributed by atoms with Crippen LogP contribution in [0, 0.1) is 12.3 Å². The van der Waals surface area contributed by atoms with Crippen LogP contribution in [0.15, 0.2) is 53.5 Å². The molecular formula is C23H22N4O4. The van der Waals surface area contributed by atoms with Crippen LogP contribution in [0.25, 0.3) is 0 Å². The summed E-state index contributed by atoms with van der Waals surface area (Å²) in [6.07, 6.45) is 2.64. The van der Waals surface area contributed by atoms with Crippen LogP contribution >= 0.6 is 0 Å². The second kappa shape index (κ2) is 8.74. The highest BCUT2D eigenvalue weighted by molar-refractivity contribution is 6.22. The van der Waals surface area contributed by atoms with E-state index in [4.69, 9.17) is 15.9 Å². The Hall–Kier alpha value is -4.07. The minimum atomic E-state index is -0.555. The zero-order chi connectivity index (χ0) is 22.7. The van der Waals surface area contributed by atoms with Gasteiger partial charge >= 0.3 is 0 Å². The Kier molecular flexibility index (Phi) is 6.10. The lowest BCUT2D eigenvalue weighted by Gasteiger charge is -2.06. The van der Waals surface area contributed by atoms with E-state index in [-0.39, 0.29) is 29.4 Å². The molecule has 0 unspecified atom stereocenters. The molecule has 0 atom stereocenters. The largest absolute Gasteiger partial charge is 0.497 e. The molecule has 1 aliphatic heterocycles. The molecule has 0 saturated heterocycles. The van der Waals surface area contributed by atoms with Crippen LogP contribution in [0.2, 0.25) is 0 Å². The van der Waals surface area contributed by atoms with Gasteiger partial charge in [-0.2, -0.15) is 4.99 Å². The van der Waals surface area contributed by atoms with Gasteiger partial charge in [0.1, 0.15) is 11.6 Å². The van der Waals surface area contributed by atoms with Gasteiger partial charge < -0.3 is 15.9 Å². The molecule has 0 saturated carbocycles. The zero-order valence-electron chi connectivity index (χ0n) is 17.4. The van der Waals surface area contributed by atoms with Crippen LogP contribution in [0.4, 0.5) is 0 Å². The number of carbonyl (C=O) groups is 3. The molecule has 31 heavy (non-hydrogen) atoms. The molecular weight excluding hydrogens is 396 g/mol. The molecule has 1 aliphatic rings. The van der Waals surface area contributed by atoms with E-state index in [1.807, 2.05) is 0 Å². The van der Waals surface area contributed by atoms with Gasteiger partial charge in [-0.3, -0.25) is 19.3 Å². The number of carbonyl (C=O) groups excluding carboxylic acids is 3. The second-order valence-electron chi connectivity index (χ2n) is 7.10. The second-order valence-corrected chi connectivity index (χ2v) is 7.10. The fourth-order valence-electron chi connectivity index (χ4n) is 3.28. The molecule has 158 valence electrons. The van der Waals surface area contributed by atoms with Crippen molar-refractivity contribution in [1.82, 2.24) is 4.90 Å². The predicted molar refractivity (Wildman–Crippen MR) is 117 cm³/mol. The Morgan fingerprint density at radius 3 is 2.48 bits per heavy atom. The quantitative estimate of drug-likeness (QED) is 0.423. The van der Waals surface area contributed by atoms with E-state index >= 15 is 0 Å². The van der Waals surface area contributed by atoms with E-state index < -0.39 is 11.8 Å². The van der Waals surface area contributed by atoms with E-state index in [1.165, 1.54) is 19.2 Å². The number of methoxy groups -OCH3 is 1. The molecule has 3 rings (SSSR count).